The van der Waals surface area contributed by atoms with E-state index in [1.807, 2.05) is 18.2 Å². The van der Waals surface area contributed by atoms with Crippen LogP contribution in [0, 0.1) is 0 Å². The van der Waals surface area contributed by atoms with Crippen molar-refractivity contribution in [3.63, 3.8) is 0 Å². The Morgan fingerprint density at radius 1 is 1.06 bits per heavy atom. The Morgan fingerprint density at radius 2 is 1.73 bits per heavy atom. The minimum atomic E-state index is -4.76. The molecule has 1 aliphatic heterocycles. The standard InChI is InChI=1S/C23H26F3N3O3S/c24-23(25,26)19-9-3-4-11-21(19)33(31,32)29-14-12-28(13-15-29)16-22(30)27-20-10-5-7-17-6-1-2-8-18(17)20/h1-4,6,8-9,11,20H,5,7,10,12-16H2,(H,27,30)/p+1/t20-/m1/s1. The number of halogens is 3. The number of nitrogens with zero attached hydrogens (tertiary/aromatic N) is 1. The molecule has 0 bridgehead atoms. The Bertz CT molecular complexity index is 1110. The number of sulfonamides is 1. The zero-order valence-corrected chi connectivity index (χ0v) is 18.9. The molecule has 1 atom stereocenters. The maximum absolute atomic E-state index is 13.3. The Kier molecular flexibility index (Phi) is 6.78. The Balaban J connectivity index is 1.36. The zero-order chi connectivity index (χ0) is 23.6. The summed E-state index contributed by atoms with van der Waals surface area (Å²) < 4.78 is 66.8. The lowest BCUT2D eigenvalue weighted by molar-refractivity contribution is -0.895. The summed E-state index contributed by atoms with van der Waals surface area (Å²) in [4.78, 5) is 12.8. The van der Waals surface area contributed by atoms with Gasteiger partial charge in [0.2, 0.25) is 10.0 Å². The number of benzene rings is 2. The highest BCUT2D eigenvalue weighted by molar-refractivity contribution is 7.89. The SMILES string of the molecule is O=C(C[NH+]1CCN(S(=O)(=O)c2ccccc2C(F)(F)F)CC1)N[C@@H]1CCCc2ccccc21. The van der Waals surface area contributed by atoms with Crippen molar-refractivity contribution in [2.45, 2.75) is 36.4 Å². The highest BCUT2D eigenvalue weighted by Gasteiger charge is 2.40. The van der Waals surface area contributed by atoms with Crippen molar-refractivity contribution in [1.29, 1.82) is 0 Å². The van der Waals surface area contributed by atoms with Gasteiger partial charge in [0, 0.05) is 0 Å². The first kappa shape index (κ1) is 23.7. The third-order valence-electron chi connectivity index (χ3n) is 6.36. The number of aryl methyl sites for hydroxylation is 1. The van der Waals surface area contributed by atoms with E-state index in [0.29, 0.717) is 13.1 Å². The van der Waals surface area contributed by atoms with Gasteiger partial charge in [0.25, 0.3) is 5.91 Å². The molecule has 0 radical (unpaired) electrons. The van der Waals surface area contributed by atoms with Crippen LogP contribution in [-0.2, 0) is 27.4 Å². The first-order chi connectivity index (χ1) is 15.7. The molecule has 0 aromatic heterocycles. The summed E-state index contributed by atoms with van der Waals surface area (Å²) in [7, 11) is -4.28. The molecule has 2 N–H and O–H groups in total. The van der Waals surface area contributed by atoms with E-state index < -0.39 is 26.7 Å². The van der Waals surface area contributed by atoms with Gasteiger partial charge in [-0.05, 0) is 42.5 Å². The Labute approximate surface area is 191 Å². The number of alkyl halides is 3. The fraction of sp³-hybridized carbons (Fsp3) is 0.435. The molecular formula is C23H27F3N3O3S+. The minimum Gasteiger partial charge on any atom is -0.344 e. The number of amides is 1. The van der Waals surface area contributed by atoms with E-state index in [-0.39, 0.29) is 31.6 Å². The van der Waals surface area contributed by atoms with E-state index in [2.05, 4.69) is 11.4 Å². The monoisotopic (exact) mass is 482 g/mol. The van der Waals surface area contributed by atoms with E-state index in [4.69, 9.17) is 0 Å². The summed E-state index contributed by atoms with van der Waals surface area (Å²) in [6.45, 7) is 1.02. The largest absolute Gasteiger partial charge is 0.417 e. The molecule has 0 unspecified atom stereocenters. The number of carbonyl (C=O) groups is 1. The van der Waals surface area contributed by atoms with Crippen LogP contribution in [0.3, 0.4) is 0 Å². The number of fused-ring (bicyclic) bond motifs is 1. The fourth-order valence-corrected chi connectivity index (χ4v) is 6.31. The number of nitrogens with one attached hydrogen (secondary N) is 2. The number of quaternary nitrogens is 1. The zero-order valence-electron chi connectivity index (χ0n) is 18.1. The normalized spacial score (nSPS) is 20.3. The molecule has 2 aromatic rings. The predicted molar refractivity (Wildman–Crippen MR) is 116 cm³/mol. The summed E-state index contributed by atoms with van der Waals surface area (Å²) >= 11 is 0. The van der Waals surface area contributed by atoms with Crippen LogP contribution in [0.4, 0.5) is 13.2 Å². The second-order valence-electron chi connectivity index (χ2n) is 8.54. The number of hydrogen-bond acceptors (Lipinski definition) is 3. The molecule has 0 spiro atoms. The van der Waals surface area contributed by atoms with E-state index >= 15 is 0 Å². The van der Waals surface area contributed by atoms with Crippen molar-refractivity contribution in [3.05, 3.63) is 65.2 Å². The molecule has 1 amide bonds. The molecule has 33 heavy (non-hydrogen) atoms. The van der Waals surface area contributed by atoms with Crippen molar-refractivity contribution in [2.24, 2.45) is 0 Å². The predicted octanol–water partition coefficient (Wildman–Crippen LogP) is 1.79. The number of hydrogen-bond donors (Lipinski definition) is 2. The third-order valence-corrected chi connectivity index (χ3v) is 8.31. The van der Waals surface area contributed by atoms with Crippen LogP contribution in [0.5, 0.6) is 0 Å². The highest BCUT2D eigenvalue weighted by Crippen LogP contribution is 2.35. The maximum atomic E-state index is 13.3. The van der Waals surface area contributed by atoms with Gasteiger partial charge in [-0.1, -0.05) is 36.4 Å². The molecule has 0 saturated carbocycles. The molecule has 2 aliphatic rings. The van der Waals surface area contributed by atoms with E-state index in [1.54, 1.807) is 0 Å². The number of piperazine rings is 1. The lowest BCUT2D eigenvalue weighted by Gasteiger charge is -2.32. The third kappa shape index (κ3) is 5.23. The second-order valence-corrected chi connectivity index (χ2v) is 10.4. The smallest absolute Gasteiger partial charge is 0.344 e. The van der Waals surface area contributed by atoms with Crippen LogP contribution in [0.15, 0.2) is 53.4 Å². The Hall–Kier alpha value is -2.43. The molecule has 2 aromatic carbocycles. The molecule has 1 fully saturated rings. The van der Waals surface area contributed by atoms with Gasteiger partial charge < -0.3 is 10.2 Å². The van der Waals surface area contributed by atoms with Crippen LogP contribution in [0.25, 0.3) is 0 Å². The topological polar surface area (TPSA) is 70.9 Å². The van der Waals surface area contributed by atoms with Gasteiger partial charge >= 0.3 is 6.18 Å². The summed E-state index contributed by atoms with van der Waals surface area (Å²) in [6, 6.07) is 12.3. The summed E-state index contributed by atoms with van der Waals surface area (Å²) in [5.74, 6) is -0.106. The van der Waals surface area contributed by atoms with Gasteiger partial charge in [-0.3, -0.25) is 4.79 Å². The quantitative estimate of drug-likeness (QED) is 0.683. The van der Waals surface area contributed by atoms with Crippen molar-refractivity contribution in [1.82, 2.24) is 9.62 Å². The van der Waals surface area contributed by atoms with Gasteiger partial charge in [-0.2, -0.15) is 17.5 Å². The van der Waals surface area contributed by atoms with Gasteiger partial charge in [-0.25, -0.2) is 8.42 Å². The fourth-order valence-electron chi connectivity index (χ4n) is 4.66. The van der Waals surface area contributed by atoms with Gasteiger partial charge in [-0.15, -0.1) is 0 Å². The highest BCUT2D eigenvalue weighted by atomic mass is 32.2. The van der Waals surface area contributed by atoms with Crippen LogP contribution < -0.4 is 10.2 Å². The molecule has 1 heterocycles. The van der Waals surface area contributed by atoms with E-state index in [1.165, 1.54) is 17.7 Å². The van der Waals surface area contributed by atoms with E-state index in [0.717, 1.165) is 46.2 Å². The van der Waals surface area contributed by atoms with Crippen LogP contribution in [0.2, 0.25) is 0 Å². The molecule has 178 valence electrons. The van der Waals surface area contributed by atoms with Crippen molar-refractivity contribution >= 4 is 15.9 Å². The molecular weight excluding hydrogens is 455 g/mol. The van der Waals surface area contributed by atoms with Gasteiger partial charge in [0.1, 0.15) is 0 Å². The first-order valence-electron chi connectivity index (χ1n) is 11.0. The summed E-state index contributed by atoms with van der Waals surface area (Å²) in [5, 5.41) is 3.10. The lowest BCUT2D eigenvalue weighted by atomic mass is 9.88. The molecule has 1 aliphatic carbocycles. The van der Waals surface area contributed by atoms with Crippen LogP contribution in [0.1, 0.15) is 35.6 Å². The lowest BCUT2D eigenvalue weighted by Crippen LogP contribution is -3.15. The van der Waals surface area contributed by atoms with Gasteiger partial charge in [0.15, 0.2) is 6.54 Å². The average molecular weight is 483 g/mol. The van der Waals surface area contributed by atoms with Crippen molar-refractivity contribution in [2.75, 3.05) is 32.7 Å². The van der Waals surface area contributed by atoms with Crippen molar-refractivity contribution < 1.29 is 31.3 Å². The van der Waals surface area contributed by atoms with Gasteiger partial charge in [0.05, 0.1) is 42.7 Å². The average Bonchev–Trinajstić information content (AvgIpc) is 2.79. The van der Waals surface area contributed by atoms with E-state index in [9.17, 15) is 26.4 Å². The number of rotatable bonds is 5. The minimum absolute atomic E-state index is 0.0256. The molecule has 6 nitrogen and oxygen atoms in total. The molecule has 1 saturated heterocycles. The summed E-state index contributed by atoms with van der Waals surface area (Å²) in [5.41, 5.74) is 1.23. The molecule has 4 rings (SSSR count). The second kappa shape index (κ2) is 9.44. The van der Waals surface area contributed by atoms with Crippen molar-refractivity contribution in [3.8, 4) is 0 Å². The van der Waals surface area contributed by atoms with Crippen LogP contribution in [-0.4, -0.2) is 51.4 Å². The maximum Gasteiger partial charge on any atom is 0.417 e. The Morgan fingerprint density at radius 3 is 2.45 bits per heavy atom. The first-order valence-corrected chi connectivity index (χ1v) is 12.5. The summed E-state index contributed by atoms with van der Waals surface area (Å²) in [6.07, 6.45) is -1.87. The van der Waals surface area contributed by atoms with Crippen LogP contribution >= 0.6 is 0 Å². The number of carbonyl (C=O) groups excluding carboxylic acids is 1. The molecule has 10 heteroatoms.